The van der Waals surface area contributed by atoms with Crippen LogP contribution in [0.3, 0.4) is 0 Å². The van der Waals surface area contributed by atoms with Crippen molar-refractivity contribution in [3.8, 4) is 5.75 Å². The fraction of sp³-hybridized carbons (Fsp3) is 0.647. The minimum Gasteiger partial charge on any atom is -0.492 e. The molecule has 0 spiro atoms. The van der Waals surface area contributed by atoms with Crippen molar-refractivity contribution >= 4 is 10.2 Å². The van der Waals surface area contributed by atoms with Crippen molar-refractivity contribution in [2.24, 2.45) is 5.92 Å². The molecule has 2 aliphatic heterocycles. The summed E-state index contributed by atoms with van der Waals surface area (Å²) in [5.41, 5.74) is 0. The van der Waals surface area contributed by atoms with Crippen molar-refractivity contribution in [2.45, 2.75) is 44.2 Å². The molecule has 1 aromatic rings. The third-order valence-corrected chi connectivity index (χ3v) is 7.69. The monoisotopic (exact) mass is 354 g/mol. The van der Waals surface area contributed by atoms with Gasteiger partial charge in [0.2, 0.25) is 0 Å². The van der Waals surface area contributed by atoms with Gasteiger partial charge in [-0.05, 0) is 62.3 Å². The first-order valence-electron chi connectivity index (χ1n) is 8.73. The van der Waals surface area contributed by atoms with Gasteiger partial charge in [0, 0.05) is 19.1 Å². The molecule has 1 aromatic carbocycles. The summed E-state index contributed by atoms with van der Waals surface area (Å²) >= 11 is 0. The Hall–Kier alpha value is -1.18. The summed E-state index contributed by atoms with van der Waals surface area (Å²) in [6, 6.07) is 5.88. The molecule has 0 N–H and O–H groups in total. The Morgan fingerprint density at radius 3 is 2.54 bits per heavy atom. The molecule has 5 nitrogen and oxygen atoms in total. The van der Waals surface area contributed by atoms with Crippen LogP contribution in [-0.2, 0) is 10.2 Å². The molecule has 7 heteroatoms. The molecule has 0 unspecified atom stereocenters. The maximum atomic E-state index is 13.0. The number of piperidine rings is 1. The van der Waals surface area contributed by atoms with Gasteiger partial charge in [-0.2, -0.15) is 17.0 Å². The molecule has 2 heterocycles. The van der Waals surface area contributed by atoms with Crippen molar-refractivity contribution in [3.63, 3.8) is 0 Å². The van der Waals surface area contributed by atoms with Gasteiger partial charge in [-0.3, -0.25) is 0 Å². The highest BCUT2D eigenvalue weighted by Crippen LogP contribution is 2.45. The number of hydrogen-bond donors (Lipinski definition) is 0. The van der Waals surface area contributed by atoms with Crippen molar-refractivity contribution in [3.05, 3.63) is 30.1 Å². The van der Waals surface area contributed by atoms with Crippen LogP contribution in [0.15, 0.2) is 24.3 Å². The molecule has 0 radical (unpaired) electrons. The van der Waals surface area contributed by atoms with E-state index in [-0.39, 0.29) is 17.9 Å². The quantitative estimate of drug-likeness (QED) is 0.816. The highest BCUT2D eigenvalue weighted by atomic mass is 32.2. The topological polar surface area (TPSA) is 49.9 Å². The highest BCUT2D eigenvalue weighted by Gasteiger charge is 2.53. The molecular formula is C17H23FN2O3S. The zero-order valence-corrected chi connectivity index (χ0v) is 14.4. The van der Waals surface area contributed by atoms with Gasteiger partial charge in [0.25, 0.3) is 10.2 Å². The first-order valence-corrected chi connectivity index (χ1v) is 10.1. The molecule has 0 aromatic heterocycles. The summed E-state index contributed by atoms with van der Waals surface area (Å²) in [4.78, 5) is 0. The average molecular weight is 354 g/mol. The molecule has 0 amide bonds. The Morgan fingerprint density at radius 1 is 1.12 bits per heavy atom. The third kappa shape index (κ3) is 2.82. The van der Waals surface area contributed by atoms with Crippen LogP contribution < -0.4 is 4.74 Å². The van der Waals surface area contributed by atoms with Gasteiger partial charge in [0.15, 0.2) is 0 Å². The number of halogens is 1. The first kappa shape index (κ1) is 16.3. The predicted octanol–water partition coefficient (Wildman–Crippen LogP) is 2.40. The lowest BCUT2D eigenvalue weighted by molar-refractivity contribution is 0.156. The normalized spacial score (nSPS) is 31.0. The Labute approximate surface area is 142 Å². The molecule has 3 aliphatic rings. The van der Waals surface area contributed by atoms with Gasteiger partial charge in [-0.25, -0.2) is 4.39 Å². The van der Waals surface area contributed by atoms with E-state index in [1.165, 1.54) is 12.1 Å². The molecule has 132 valence electrons. The average Bonchev–Trinajstić information content (AvgIpc) is 3.30. The first-order chi connectivity index (χ1) is 11.6. The Kier molecular flexibility index (Phi) is 4.26. The number of ether oxygens (including phenoxy) is 1. The number of hydrogen-bond acceptors (Lipinski definition) is 3. The van der Waals surface area contributed by atoms with Crippen LogP contribution >= 0.6 is 0 Å². The van der Waals surface area contributed by atoms with E-state index in [1.54, 1.807) is 20.7 Å². The predicted molar refractivity (Wildman–Crippen MR) is 88.4 cm³/mol. The lowest BCUT2D eigenvalue weighted by Gasteiger charge is -2.36. The van der Waals surface area contributed by atoms with Crippen LogP contribution in [0.2, 0.25) is 0 Å². The largest absolute Gasteiger partial charge is 0.492 e. The van der Waals surface area contributed by atoms with Gasteiger partial charge in [0.05, 0.1) is 6.04 Å². The number of fused-ring (bicyclic) bond motifs is 2. The summed E-state index contributed by atoms with van der Waals surface area (Å²) in [6.45, 7) is 1.59. The van der Waals surface area contributed by atoms with Crippen molar-refractivity contribution in [1.82, 2.24) is 8.61 Å². The molecule has 4 rings (SSSR count). The maximum absolute atomic E-state index is 13.0. The van der Waals surface area contributed by atoms with E-state index in [2.05, 4.69) is 0 Å². The molecule has 3 fully saturated rings. The standard InChI is InChI=1S/C17H23FN2O3S/c18-14-4-7-16(8-5-14)23-12-17-13-3-6-15(11-13)20(17)24(21,22)19-9-1-2-10-19/h4-5,7-8,13,15,17H,1-3,6,9-12H2/t13-,15+,17-/m0/s1. The maximum Gasteiger partial charge on any atom is 0.282 e. The van der Waals surface area contributed by atoms with Crippen LogP contribution in [0, 0.1) is 11.7 Å². The van der Waals surface area contributed by atoms with Crippen molar-refractivity contribution < 1.29 is 17.5 Å². The molecule has 24 heavy (non-hydrogen) atoms. The molecular weight excluding hydrogens is 331 g/mol. The number of benzene rings is 1. The smallest absolute Gasteiger partial charge is 0.282 e. The fourth-order valence-electron chi connectivity index (χ4n) is 4.38. The van der Waals surface area contributed by atoms with Crippen molar-refractivity contribution in [1.29, 1.82) is 0 Å². The van der Waals surface area contributed by atoms with E-state index in [4.69, 9.17) is 4.74 Å². The van der Waals surface area contributed by atoms with Crippen LogP contribution in [-0.4, -0.2) is 48.8 Å². The Morgan fingerprint density at radius 2 is 1.83 bits per heavy atom. The van der Waals surface area contributed by atoms with E-state index in [0.29, 0.717) is 31.4 Å². The second kappa shape index (κ2) is 6.28. The minimum atomic E-state index is -3.40. The van der Waals surface area contributed by atoms with Crippen LogP contribution in [0.1, 0.15) is 32.1 Å². The van der Waals surface area contributed by atoms with Gasteiger partial charge in [-0.1, -0.05) is 0 Å². The van der Waals surface area contributed by atoms with Crippen LogP contribution in [0.25, 0.3) is 0 Å². The fourth-order valence-corrected chi connectivity index (χ4v) is 6.51. The lowest BCUT2D eigenvalue weighted by atomic mass is 10.0. The Bertz CT molecular complexity index is 688. The van der Waals surface area contributed by atoms with Crippen LogP contribution in [0.4, 0.5) is 4.39 Å². The van der Waals surface area contributed by atoms with Gasteiger partial charge in [-0.15, -0.1) is 0 Å². The SMILES string of the molecule is O=S(=O)(N1CCCC1)N1[C@@H]2CC[C@@H](C2)[C@@H]1COc1ccc(F)cc1. The van der Waals surface area contributed by atoms with E-state index >= 15 is 0 Å². The number of nitrogens with zero attached hydrogens (tertiary/aromatic N) is 2. The molecule has 1 saturated carbocycles. The van der Waals surface area contributed by atoms with E-state index < -0.39 is 10.2 Å². The summed E-state index contributed by atoms with van der Waals surface area (Å²) < 4.78 is 48.2. The zero-order chi connectivity index (χ0) is 16.7. The van der Waals surface area contributed by atoms with Crippen molar-refractivity contribution in [2.75, 3.05) is 19.7 Å². The van der Waals surface area contributed by atoms with Gasteiger partial charge >= 0.3 is 0 Å². The second-order valence-electron chi connectivity index (χ2n) is 7.00. The summed E-state index contributed by atoms with van der Waals surface area (Å²) in [7, 11) is -3.40. The Balaban J connectivity index is 1.51. The highest BCUT2D eigenvalue weighted by molar-refractivity contribution is 7.86. The molecule has 2 saturated heterocycles. The van der Waals surface area contributed by atoms with E-state index in [1.807, 2.05) is 0 Å². The minimum absolute atomic E-state index is 0.112. The summed E-state index contributed by atoms with van der Waals surface area (Å²) in [6.07, 6.45) is 4.83. The molecule has 1 aliphatic carbocycles. The molecule has 3 atom stereocenters. The van der Waals surface area contributed by atoms with Crippen LogP contribution in [0.5, 0.6) is 5.75 Å². The van der Waals surface area contributed by atoms with E-state index in [9.17, 15) is 12.8 Å². The zero-order valence-electron chi connectivity index (χ0n) is 13.6. The summed E-state index contributed by atoms with van der Waals surface area (Å²) in [5.74, 6) is 0.644. The third-order valence-electron chi connectivity index (χ3n) is 5.57. The van der Waals surface area contributed by atoms with E-state index in [0.717, 1.165) is 32.1 Å². The number of rotatable bonds is 5. The van der Waals surface area contributed by atoms with Gasteiger partial charge in [0.1, 0.15) is 18.2 Å². The van der Waals surface area contributed by atoms with Gasteiger partial charge < -0.3 is 4.74 Å². The lowest BCUT2D eigenvalue weighted by Crippen LogP contribution is -2.52. The molecule has 2 bridgehead atoms. The summed E-state index contributed by atoms with van der Waals surface area (Å²) in [5, 5.41) is 0. The second-order valence-corrected chi connectivity index (χ2v) is 8.84.